The third kappa shape index (κ3) is 12.7. The zero-order chi connectivity index (χ0) is 59.5. The number of nitrogens with zero attached hydrogens (tertiary/aromatic N) is 6. The van der Waals surface area contributed by atoms with E-state index in [1.165, 1.54) is 24.1 Å². The van der Waals surface area contributed by atoms with E-state index in [1.807, 2.05) is 70.4 Å². The van der Waals surface area contributed by atoms with Gasteiger partial charge in [-0.05, 0) is 89.9 Å². The number of amides is 2. The number of fused-ring (bicyclic) bond motifs is 2. The van der Waals surface area contributed by atoms with Crippen LogP contribution in [0.15, 0.2) is 109 Å². The normalized spacial score (nSPS) is 16.7. The average Bonchev–Trinajstić information content (AvgIpc) is 2.79. The summed E-state index contributed by atoms with van der Waals surface area (Å²) in [6.45, 7) is 5.92. The fourth-order valence-corrected chi connectivity index (χ4v) is 12.4. The summed E-state index contributed by atoms with van der Waals surface area (Å²) in [5, 5.41) is 33.7. The molecule has 0 aliphatic carbocycles. The highest BCUT2D eigenvalue weighted by Crippen LogP contribution is 2.42. The lowest BCUT2D eigenvalue weighted by Crippen LogP contribution is -2.38. The van der Waals surface area contributed by atoms with Crippen molar-refractivity contribution in [3.63, 3.8) is 0 Å². The number of halogens is 4. The molecule has 19 nitrogen and oxygen atoms in total. The predicted molar refractivity (Wildman–Crippen MR) is 322 cm³/mol. The zero-order valence-electron chi connectivity index (χ0n) is 46.0. The van der Waals surface area contributed by atoms with Crippen LogP contribution in [0.5, 0.6) is 11.5 Å². The molecule has 3 N–H and O–H groups in total. The molecule has 85 heavy (non-hydrogen) atoms. The van der Waals surface area contributed by atoms with Crippen LogP contribution in [0.2, 0.25) is 20.1 Å². The van der Waals surface area contributed by atoms with Crippen LogP contribution in [0.3, 0.4) is 0 Å². The third-order valence-corrected chi connectivity index (χ3v) is 16.6. The van der Waals surface area contributed by atoms with Gasteiger partial charge in [-0.15, -0.1) is 0 Å². The van der Waals surface area contributed by atoms with E-state index < -0.39 is 25.0 Å². The van der Waals surface area contributed by atoms with Gasteiger partial charge in [0, 0.05) is 66.8 Å². The number of ether oxygens (including phenoxy) is 6. The van der Waals surface area contributed by atoms with Crippen LogP contribution in [-0.2, 0) is 32.0 Å². The fraction of sp³-hybridized carbons (Fsp3) is 0.295. The molecule has 3 fully saturated rings. The largest absolute Gasteiger partial charge is 0.488 e. The summed E-state index contributed by atoms with van der Waals surface area (Å²) in [4.78, 5) is 58.7. The van der Waals surface area contributed by atoms with Crippen molar-refractivity contribution in [2.75, 3.05) is 89.6 Å². The van der Waals surface area contributed by atoms with Gasteiger partial charge in [0.05, 0.1) is 107 Å². The minimum atomic E-state index is -1.77. The van der Waals surface area contributed by atoms with E-state index in [1.54, 1.807) is 41.4 Å². The van der Waals surface area contributed by atoms with E-state index in [4.69, 9.17) is 74.8 Å². The lowest BCUT2D eigenvalue weighted by Gasteiger charge is -2.32. The first-order valence-corrected chi connectivity index (χ1v) is 29.0. The van der Waals surface area contributed by atoms with Gasteiger partial charge in [-0.3, -0.25) is 9.59 Å². The minimum Gasteiger partial charge on any atom is -0.478 e. The van der Waals surface area contributed by atoms with Gasteiger partial charge in [0.1, 0.15) is 17.7 Å². The number of morpholine rings is 2. The maximum atomic E-state index is 13.8. The molecule has 0 bridgehead atoms. The number of carboxylic acid groups (broad SMARTS) is 1. The van der Waals surface area contributed by atoms with Crippen LogP contribution in [0.25, 0.3) is 33.4 Å². The Morgan fingerprint density at radius 1 is 0.612 bits per heavy atom. The summed E-state index contributed by atoms with van der Waals surface area (Å²) in [6.07, 6.45) is 6.62. The van der Waals surface area contributed by atoms with E-state index in [0.29, 0.717) is 75.4 Å². The molecule has 440 valence electrons. The second-order valence-electron chi connectivity index (χ2n) is 20.7. The van der Waals surface area contributed by atoms with Gasteiger partial charge in [-0.25, -0.2) is 14.3 Å². The number of aromatic carboxylic acids is 1. The van der Waals surface area contributed by atoms with Gasteiger partial charge in [0.15, 0.2) is 13.5 Å². The molecule has 0 saturated carbocycles. The Morgan fingerprint density at radius 3 is 1.60 bits per heavy atom. The number of anilines is 2. The number of esters is 1. The molecule has 1 unspecified atom stereocenters. The molecule has 12 rings (SSSR count). The molecular formula is C61H57BCl4N6O13. The summed E-state index contributed by atoms with van der Waals surface area (Å²) in [7, 11) is -0.406. The molecular weight excluding hydrogens is 1180 g/mol. The third-order valence-electron chi connectivity index (χ3n) is 15.4. The Morgan fingerprint density at radius 2 is 1.12 bits per heavy atom. The quantitative estimate of drug-likeness (QED) is 0.0812. The number of methoxy groups -OCH3 is 1. The summed E-state index contributed by atoms with van der Waals surface area (Å²) < 4.78 is 35.9. The van der Waals surface area contributed by atoms with E-state index in [0.717, 1.165) is 76.1 Å². The van der Waals surface area contributed by atoms with Gasteiger partial charge < -0.3 is 63.2 Å². The molecule has 0 radical (unpaired) electrons. The number of rotatable bonds is 11. The highest BCUT2D eigenvalue weighted by Gasteiger charge is 2.32. The predicted octanol–water partition coefficient (Wildman–Crippen LogP) is 9.71. The maximum absolute atomic E-state index is 13.8. The minimum absolute atomic E-state index is 0.00501. The Bertz CT molecular complexity index is 3660. The molecule has 24 heteroatoms. The van der Waals surface area contributed by atoms with Gasteiger partial charge in [0.2, 0.25) is 0 Å². The standard InChI is InChI=1S/C34H32Cl2N4O6.C27H25BCl2N2O7/c35-27-14-23(24-17-37-40(19-24)30-6-1-2-11-45-30)15-28(36)31(27)33(41)39-18-22-4-3-5-25(32(22)46-20-39)21-7-8-26(34(42)43)29(16-21)38-9-12-44-13-10-38;1-37-27(34)20-6-5-16(11-23(20)31-7-9-38-10-8-31)19-4-2-3-17-14-32(15-39-25(17)19)26(33)24-21(29)12-18(28(35)36)13-22(24)30/h3-5,7-8,14-17,19,30H,1-2,6,9-13,18,20H2,(H,42,43);2-6,11-13,35-36H,7-10,14-15H2,1H3. The van der Waals surface area contributed by atoms with Gasteiger partial charge >= 0.3 is 19.1 Å². The number of aromatic nitrogens is 2. The van der Waals surface area contributed by atoms with Gasteiger partial charge in [-0.2, -0.15) is 5.10 Å². The number of carbonyl (C=O) groups is 4. The average molecular weight is 1230 g/mol. The van der Waals surface area contributed by atoms with Crippen molar-refractivity contribution < 1.29 is 62.8 Å². The first-order chi connectivity index (χ1) is 41.1. The highest BCUT2D eigenvalue weighted by molar-refractivity contribution is 6.59. The first-order valence-electron chi connectivity index (χ1n) is 27.5. The number of para-hydroxylation sites is 2. The van der Waals surface area contributed by atoms with Gasteiger partial charge in [-0.1, -0.05) is 94.9 Å². The Hall–Kier alpha value is -7.37. The van der Waals surface area contributed by atoms with E-state index in [2.05, 4.69) is 10.00 Å². The van der Waals surface area contributed by atoms with Crippen molar-refractivity contribution in [1.82, 2.24) is 19.6 Å². The fourth-order valence-electron chi connectivity index (χ4n) is 11.0. The number of carboxylic acids is 1. The van der Waals surface area contributed by atoms with Crippen LogP contribution >= 0.6 is 46.4 Å². The van der Waals surface area contributed by atoms with Crippen LogP contribution in [-0.4, -0.2) is 145 Å². The summed E-state index contributed by atoms with van der Waals surface area (Å²) in [6, 6.07) is 28.3. The van der Waals surface area contributed by atoms with Crippen molar-refractivity contribution in [1.29, 1.82) is 0 Å². The Kier molecular flexibility index (Phi) is 18.2. The smallest absolute Gasteiger partial charge is 0.478 e. The molecule has 7 aromatic rings. The number of benzene rings is 6. The summed E-state index contributed by atoms with van der Waals surface area (Å²) in [5.41, 5.74) is 8.94. The zero-order valence-corrected chi connectivity index (χ0v) is 49.0. The molecule has 1 atom stereocenters. The Balaban J connectivity index is 0.000000180. The summed E-state index contributed by atoms with van der Waals surface area (Å²) in [5.74, 6) is -0.905. The second kappa shape index (κ2) is 26.1. The van der Waals surface area contributed by atoms with Crippen molar-refractivity contribution in [2.24, 2.45) is 0 Å². The van der Waals surface area contributed by atoms with Crippen molar-refractivity contribution in [3.8, 4) is 44.9 Å². The number of carbonyl (C=O) groups excluding carboxylic acids is 3. The lowest BCUT2D eigenvalue weighted by atomic mass is 9.80. The van der Waals surface area contributed by atoms with Gasteiger partial charge in [0.25, 0.3) is 11.8 Å². The van der Waals surface area contributed by atoms with Crippen LogP contribution in [0.1, 0.15) is 78.0 Å². The number of hydrogen-bond donors (Lipinski definition) is 3. The van der Waals surface area contributed by atoms with Crippen molar-refractivity contribution >= 4 is 94.1 Å². The highest BCUT2D eigenvalue weighted by atomic mass is 35.5. The van der Waals surface area contributed by atoms with E-state index in [-0.39, 0.29) is 80.9 Å². The second-order valence-corrected chi connectivity index (χ2v) is 22.3. The van der Waals surface area contributed by atoms with Crippen LogP contribution in [0, 0.1) is 0 Å². The topological polar surface area (TPSA) is 215 Å². The molecule has 0 spiro atoms. The van der Waals surface area contributed by atoms with Crippen LogP contribution < -0.4 is 24.7 Å². The summed E-state index contributed by atoms with van der Waals surface area (Å²) >= 11 is 26.0. The molecule has 2 amide bonds. The molecule has 5 aliphatic rings. The lowest BCUT2D eigenvalue weighted by molar-refractivity contribution is -0.0394. The molecule has 6 aromatic carbocycles. The van der Waals surface area contributed by atoms with E-state index in [9.17, 15) is 34.3 Å². The monoisotopic (exact) mass is 1230 g/mol. The molecule has 5 aliphatic heterocycles. The molecule has 6 heterocycles. The Labute approximate surface area is 509 Å². The first kappa shape index (κ1) is 59.4. The van der Waals surface area contributed by atoms with E-state index >= 15 is 0 Å². The SMILES string of the molecule is COC(=O)c1ccc(-c2cccc3c2OCN(C(=O)c2c(Cl)cc(B(O)O)cc2Cl)C3)cc1N1CCOCC1.O=C(O)c1ccc(-c2cccc3c2OCN(C(=O)c2c(Cl)cc(-c4cnn(C5CCCCO5)c4)cc2Cl)C3)cc1N1CCOCC1. The molecule has 3 saturated heterocycles. The number of hydrogen-bond acceptors (Lipinski definition) is 15. The van der Waals surface area contributed by atoms with Crippen LogP contribution in [0.4, 0.5) is 11.4 Å². The maximum Gasteiger partial charge on any atom is 0.488 e. The molecule has 1 aromatic heterocycles. The van der Waals surface area contributed by atoms with Crippen molar-refractivity contribution in [2.45, 2.75) is 38.6 Å². The van der Waals surface area contributed by atoms with Crippen molar-refractivity contribution in [3.05, 3.63) is 163 Å².